The highest BCUT2D eigenvalue weighted by Crippen LogP contribution is 2.23. The molecule has 0 fully saturated rings. The monoisotopic (exact) mass is 575 g/mol. The van der Waals surface area contributed by atoms with E-state index < -0.39 is 0 Å². The number of rotatable bonds is 33. The summed E-state index contributed by atoms with van der Waals surface area (Å²) in [6.07, 6.45) is 50.0. The predicted octanol–water partition coefficient (Wildman–Crippen LogP) is 13.6. The lowest BCUT2D eigenvalue weighted by Crippen LogP contribution is -2.39. The summed E-state index contributed by atoms with van der Waals surface area (Å²) in [4.78, 5) is 5.39. The molecule has 1 unspecified atom stereocenters. The topological polar surface area (TPSA) is 6.48 Å². The number of hydrogen-bond acceptors (Lipinski definition) is 2. The lowest BCUT2D eigenvalue weighted by molar-refractivity contribution is 0.135. The van der Waals surface area contributed by atoms with Crippen molar-refractivity contribution in [2.45, 2.75) is 226 Å². The second kappa shape index (κ2) is 30.8. The van der Waals surface area contributed by atoms with Gasteiger partial charge in [-0.2, -0.15) is 0 Å². The molecule has 2 heteroatoms. The zero-order valence-electron chi connectivity index (χ0n) is 29.0. The molecule has 0 aromatic heterocycles. The van der Waals surface area contributed by atoms with Crippen molar-refractivity contribution < 1.29 is 0 Å². The first-order chi connectivity index (χ1) is 20.3. The van der Waals surface area contributed by atoms with E-state index in [1.807, 2.05) is 0 Å². The van der Waals surface area contributed by atoms with Crippen LogP contribution in [0.5, 0.6) is 0 Å². The molecule has 41 heavy (non-hydrogen) atoms. The van der Waals surface area contributed by atoms with Crippen LogP contribution in [0.25, 0.3) is 0 Å². The molecule has 1 rings (SSSR count). The summed E-state index contributed by atoms with van der Waals surface area (Å²) in [5.74, 6) is 0. The molecule has 0 aromatic carbocycles. The van der Waals surface area contributed by atoms with Gasteiger partial charge in [0.15, 0.2) is 0 Å². The molecule has 0 saturated heterocycles. The van der Waals surface area contributed by atoms with Gasteiger partial charge in [-0.25, -0.2) is 0 Å². The molecule has 2 nitrogen and oxygen atoms in total. The molecule has 0 aliphatic carbocycles. The molecule has 0 amide bonds. The van der Waals surface area contributed by atoms with Crippen molar-refractivity contribution in [1.29, 1.82) is 0 Å². The normalized spacial score (nSPS) is 15.0. The smallest absolute Gasteiger partial charge is 0.101 e. The third kappa shape index (κ3) is 23.5. The summed E-state index contributed by atoms with van der Waals surface area (Å²) >= 11 is 0. The Balaban J connectivity index is 2.04. The molecule has 244 valence electrons. The fraction of sp³-hybridized carbons (Fsp3) is 0.949. The summed E-state index contributed by atoms with van der Waals surface area (Å²) in [6.45, 7) is 9.49. The fourth-order valence-electron chi connectivity index (χ4n) is 6.72. The number of unbranched alkanes of at least 4 members (excludes halogenated alkanes) is 27. The molecule has 0 radical (unpaired) electrons. The van der Waals surface area contributed by atoms with Crippen molar-refractivity contribution >= 4 is 0 Å². The van der Waals surface area contributed by atoms with Crippen molar-refractivity contribution in [3.05, 3.63) is 12.4 Å². The maximum atomic E-state index is 2.69. The quantitative estimate of drug-likeness (QED) is 0.0719. The van der Waals surface area contributed by atoms with Crippen LogP contribution in [0, 0.1) is 0 Å². The van der Waals surface area contributed by atoms with Gasteiger partial charge in [-0.3, -0.25) is 0 Å². The second-order valence-corrected chi connectivity index (χ2v) is 13.6. The second-order valence-electron chi connectivity index (χ2n) is 13.6. The summed E-state index contributed by atoms with van der Waals surface area (Å²) in [5.41, 5.74) is 0. The van der Waals surface area contributed by atoms with Gasteiger partial charge >= 0.3 is 0 Å². The van der Waals surface area contributed by atoms with Gasteiger partial charge in [0.05, 0.1) is 0 Å². The van der Waals surface area contributed by atoms with Crippen LogP contribution < -0.4 is 0 Å². The Labute approximate surface area is 260 Å². The first-order valence-corrected chi connectivity index (χ1v) is 19.5. The van der Waals surface area contributed by atoms with Crippen LogP contribution in [-0.2, 0) is 0 Å². The van der Waals surface area contributed by atoms with Crippen molar-refractivity contribution in [2.24, 2.45) is 0 Å². The Morgan fingerprint density at radius 1 is 0.317 bits per heavy atom. The van der Waals surface area contributed by atoms with Gasteiger partial charge in [0.2, 0.25) is 0 Å². The van der Waals surface area contributed by atoms with Crippen LogP contribution in [0.2, 0.25) is 0 Å². The van der Waals surface area contributed by atoms with Crippen LogP contribution in [-0.4, -0.2) is 29.1 Å². The van der Waals surface area contributed by atoms with Gasteiger partial charge in [-0.15, -0.1) is 0 Å². The van der Waals surface area contributed by atoms with Crippen molar-refractivity contribution in [2.75, 3.05) is 13.1 Å². The average Bonchev–Trinajstić information content (AvgIpc) is 3.37. The maximum absolute atomic E-state index is 2.69. The van der Waals surface area contributed by atoms with Gasteiger partial charge in [-0.05, 0) is 25.7 Å². The summed E-state index contributed by atoms with van der Waals surface area (Å²) in [6, 6.07) is 0. The molecular formula is C39H78N2. The van der Waals surface area contributed by atoms with E-state index in [0.717, 1.165) is 0 Å². The van der Waals surface area contributed by atoms with E-state index in [1.165, 1.54) is 212 Å². The predicted molar refractivity (Wildman–Crippen MR) is 186 cm³/mol. The van der Waals surface area contributed by atoms with Gasteiger partial charge in [0, 0.05) is 25.5 Å². The Morgan fingerprint density at radius 3 is 0.854 bits per heavy atom. The van der Waals surface area contributed by atoms with E-state index in [-0.39, 0.29) is 0 Å². The van der Waals surface area contributed by atoms with E-state index in [1.54, 1.807) is 0 Å². The van der Waals surface area contributed by atoms with Gasteiger partial charge in [-0.1, -0.05) is 194 Å². The Hall–Kier alpha value is -0.660. The molecular weight excluding hydrogens is 496 g/mol. The summed E-state index contributed by atoms with van der Waals surface area (Å²) < 4.78 is 0. The van der Waals surface area contributed by atoms with Crippen molar-refractivity contribution in [3.8, 4) is 0 Å². The van der Waals surface area contributed by atoms with Crippen LogP contribution >= 0.6 is 0 Å². The first-order valence-electron chi connectivity index (χ1n) is 19.5. The minimum absolute atomic E-state index is 0.640. The zero-order valence-corrected chi connectivity index (χ0v) is 29.0. The maximum Gasteiger partial charge on any atom is 0.101 e. The summed E-state index contributed by atoms with van der Waals surface area (Å²) in [7, 11) is 0. The highest BCUT2D eigenvalue weighted by atomic mass is 15.4. The van der Waals surface area contributed by atoms with Crippen molar-refractivity contribution in [3.63, 3.8) is 0 Å². The highest BCUT2D eigenvalue weighted by Gasteiger charge is 2.24. The third-order valence-corrected chi connectivity index (χ3v) is 9.57. The molecule has 1 atom stereocenters. The van der Waals surface area contributed by atoms with Crippen LogP contribution in [0.1, 0.15) is 220 Å². The Morgan fingerprint density at radius 2 is 0.561 bits per heavy atom. The molecule has 0 saturated carbocycles. The molecule has 1 aliphatic rings. The van der Waals surface area contributed by atoms with E-state index in [2.05, 4.69) is 43.0 Å². The van der Waals surface area contributed by atoms with Crippen LogP contribution in [0.4, 0.5) is 0 Å². The largest absolute Gasteiger partial charge is 0.356 e. The Kier molecular flexibility index (Phi) is 28.8. The minimum atomic E-state index is 0.640. The van der Waals surface area contributed by atoms with E-state index >= 15 is 0 Å². The van der Waals surface area contributed by atoms with E-state index in [4.69, 9.17) is 0 Å². The first kappa shape index (κ1) is 38.4. The van der Waals surface area contributed by atoms with Gasteiger partial charge < -0.3 is 9.80 Å². The standard InChI is InChI=1S/C39H78N2/c1-4-7-10-12-14-16-18-20-22-24-26-28-30-33-36-41-38-37-40(39(41)34-31-9-6-3)35-32-29-27-25-23-21-19-17-15-13-11-8-5-2/h37-39H,4-36H2,1-3H3. The SMILES string of the molecule is CCCCCCCCCCCCCCCCN1C=CN(CCCCCCCCCCCCCCC)C1CCCCC. The van der Waals surface area contributed by atoms with Gasteiger partial charge in [0.25, 0.3) is 0 Å². The third-order valence-electron chi connectivity index (χ3n) is 9.57. The molecule has 1 heterocycles. The van der Waals surface area contributed by atoms with Crippen LogP contribution in [0.3, 0.4) is 0 Å². The van der Waals surface area contributed by atoms with E-state index in [0.29, 0.717) is 6.17 Å². The van der Waals surface area contributed by atoms with E-state index in [9.17, 15) is 0 Å². The number of nitrogens with zero attached hydrogens (tertiary/aromatic N) is 2. The van der Waals surface area contributed by atoms with Gasteiger partial charge in [0.1, 0.15) is 6.17 Å². The Bertz CT molecular complexity index is 530. The molecule has 0 N–H and O–H groups in total. The summed E-state index contributed by atoms with van der Waals surface area (Å²) in [5, 5.41) is 0. The minimum Gasteiger partial charge on any atom is -0.356 e. The van der Waals surface area contributed by atoms with Crippen molar-refractivity contribution in [1.82, 2.24) is 9.80 Å². The van der Waals surface area contributed by atoms with Crippen LogP contribution in [0.15, 0.2) is 12.4 Å². The molecule has 1 aliphatic heterocycles. The fourth-order valence-corrected chi connectivity index (χ4v) is 6.72. The molecule has 0 aromatic rings. The highest BCUT2D eigenvalue weighted by molar-refractivity contribution is 4.97. The zero-order chi connectivity index (χ0) is 29.5. The number of hydrogen-bond donors (Lipinski definition) is 0. The molecule has 0 spiro atoms. The molecule has 0 bridgehead atoms. The lowest BCUT2D eigenvalue weighted by atomic mass is 10.0. The lowest BCUT2D eigenvalue weighted by Gasteiger charge is -2.33. The average molecular weight is 575 g/mol.